The highest BCUT2D eigenvalue weighted by Crippen LogP contribution is 2.27. The highest BCUT2D eigenvalue weighted by atomic mass is 35.5. The third-order valence-corrected chi connectivity index (χ3v) is 4.10. The summed E-state index contributed by atoms with van der Waals surface area (Å²) >= 11 is 6.08. The highest BCUT2D eigenvalue weighted by molar-refractivity contribution is 6.32. The number of methoxy groups -OCH3 is 1. The molecule has 2 heterocycles. The van der Waals surface area contributed by atoms with Crippen LogP contribution in [0.15, 0.2) is 36.7 Å². The Morgan fingerprint density at radius 2 is 1.92 bits per heavy atom. The quantitative estimate of drug-likeness (QED) is 0.923. The first-order chi connectivity index (χ1) is 11.7. The molecule has 2 aromatic rings. The largest absolute Gasteiger partial charge is 0.495 e. The number of amides is 2. The van der Waals surface area contributed by atoms with E-state index in [9.17, 15) is 4.79 Å². The molecule has 1 N–H and O–H groups in total. The summed E-state index contributed by atoms with van der Waals surface area (Å²) in [6, 6.07) is 6.80. The van der Waals surface area contributed by atoms with Crippen LogP contribution < -0.4 is 15.0 Å². The van der Waals surface area contributed by atoms with Gasteiger partial charge in [0.1, 0.15) is 5.75 Å². The monoisotopic (exact) mass is 347 g/mol. The molecule has 0 bridgehead atoms. The number of halogens is 1. The van der Waals surface area contributed by atoms with Crippen LogP contribution in [0, 0.1) is 0 Å². The van der Waals surface area contributed by atoms with Crippen LogP contribution in [0.2, 0.25) is 5.02 Å². The van der Waals surface area contributed by atoms with Gasteiger partial charge in [-0.25, -0.2) is 14.8 Å². The number of nitrogens with zero attached hydrogens (tertiary/aromatic N) is 4. The van der Waals surface area contributed by atoms with Crippen molar-refractivity contribution in [3.63, 3.8) is 0 Å². The molecule has 1 aliphatic heterocycles. The Balaban J connectivity index is 1.56. The number of rotatable bonds is 3. The second-order valence-electron chi connectivity index (χ2n) is 5.30. The molecule has 3 rings (SSSR count). The minimum absolute atomic E-state index is 0.148. The number of hydrogen-bond donors (Lipinski definition) is 1. The van der Waals surface area contributed by atoms with Crippen LogP contribution in [0.25, 0.3) is 0 Å². The Morgan fingerprint density at radius 3 is 2.54 bits per heavy atom. The minimum atomic E-state index is -0.148. The lowest BCUT2D eigenvalue weighted by atomic mass is 10.3. The Kier molecular flexibility index (Phi) is 5.00. The molecular weight excluding hydrogens is 330 g/mol. The first kappa shape index (κ1) is 16.3. The summed E-state index contributed by atoms with van der Waals surface area (Å²) in [7, 11) is 1.55. The number of piperazine rings is 1. The lowest BCUT2D eigenvalue weighted by Gasteiger charge is -2.34. The molecule has 8 heteroatoms. The molecule has 7 nitrogen and oxygen atoms in total. The molecule has 1 aromatic carbocycles. The van der Waals surface area contributed by atoms with Gasteiger partial charge in [0.05, 0.1) is 12.1 Å². The smallest absolute Gasteiger partial charge is 0.321 e. The number of aromatic nitrogens is 2. The fourth-order valence-electron chi connectivity index (χ4n) is 2.51. The van der Waals surface area contributed by atoms with Crippen molar-refractivity contribution in [2.24, 2.45) is 0 Å². The van der Waals surface area contributed by atoms with Crippen molar-refractivity contribution < 1.29 is 9.53 Å². The molecule has 0 saturated carbocycles. The van der Waals surface area contributed by atoms with Gasteiger partial charge in [0, 0.05) is 44.3 Å². The van der Waals surface area contributed by atoms with Gasteiger partial charge in [-0.05, 0) is 24.3 Å². The molecule has 0 aliphatic carbocycles. The van der Waals surface area contributed by atoms with Gasteiger partial charge in [0.15, 0.2) is 0 Å². The van der Waals surface area contributed by atoms with Crippen LogP contribution in [0.4, 0.5) is 16.4 Å². The van der Waals surface area contributed by atoms with Gasteiger partial charge in [-0.15, -0.1) is 0 Å². The van der Waals surface area contributed by atoms with E-state index < -0.39 is 0 Å². The fraction of sp³-hybridized carbons (Fsp3) is 0.312. The van der Waals surface area contributed by atoms with E-state index in [0.717, 1.165) is 0 Å². The van der Waals surface area contributed by atoms with E-state index in [0.29, 0.717) is 48.6 Å². The van der Waals surface area contributed by atoms with E-state index in [-0.39, 0.29) is 6.03 Å². The molecule has 0 radical (unpaired) electrons. The zero-order valence-corrected chi connectivity index (χ0v) is 14.0. The van der Waals surface area contributed by atoms with Gasteiger partial charge < -0.3 is 19.9 Å². The molecule has 2 amide bonds. The number of ether oxygens (including phenoxy) is 1. The Morgan fingerprint density at radius 1 is 1.21 bits per heavy atom. The highest BCUT2D eigenvalue weighted by Gasteiger charge is 2.22. The summed E-state index contributed by atoms with van der Waals surface area (Å²) in [5.41, 5.74) is 0.639. The molecule has 1 aliphatic rings. The predicted molar refractivity (Wildman–Crippen MR) is 92.8 cm³/mol. The van der Waals surface area contributed by atoms with Crippen LogP contribution in [0.3, 0.4) is 0 Å². The predicted octanol–water partition coefficient (Wildman–Crippen LogP) is 2.49. The molecule has 1 fully saturated rings. The number of carbonyl (C=O) groups is 1. The SMILES string of the molecule is COc1ccc(NC(=O)N2CCN(c3ncccn3)CC2)cc1Cl. The van der Waals surface area contributed by atoms with Crippen LogP contribution in [-0.4, -0.2) is 54.2 Å². The molecule has 1 aromatic heterocycles. The second-order valence-corrected chi connectivity index (χ2v) is 5.71. The summed E-state index contributed by atoms with van der Waals surface area (Å²) in [4.78, 5) is 24.7. The second kappa shape index (κ2) is 7.35. The number of nitrogens with one attached hydrogen (secondary N) is 1. The number of urea groups is 1. The number of hydrogen-bond acceptors (Lipinski definition) is 5. The van der Waals surface area contributed by atoms with Crippen LogP contribution in [-0.2, 0) is 0 Å². The molecule has 126 valence electrons. The maximum atomic E-state index is 12.4. The normalized spacial score (nSPS) is 14.4. The van der Waals surface area contributed by atoms with E-state index in [2.05, 4.69) is 20.2 Å². The van der Waals surface area contributed by atoms with Crippen molar-refractivity contribution in [3.05, 3.63) is 41.7 Å². The maximum Gasteiger partial charge on any atom is 0.321 e. The lowest BCUT2D eigenvalue weighted by Crippen LogP contribution is -2.50. The minimum Gasteiger partial charge on any atom is -0.495 e. The van der Waals surface area contributed by atoms with Crippen molar-refractivity contribution in [1.82, 2.24) is 14.9 Å². The average molecular weight is 348 g/mol. The van der Waals surface area contributed by atoms with Crippen molar-refractivity contribution in [3.8, 4) is 5.75 Å². The van der Waals surface area contributed by atoms with E-state index in [4.69, 9.17) is 16.3 Å². The molecular formula is C16H18ClN5O2. The van der Waals surface area contributed by atoms with Gasteiger partial charge in [0.2, 0.25) is 5.95 Å². The van der Waals surface area contributed by atoms with Gasteiger partial charge in [-0.3, -0.25) is 0 Å². The van der Waals surface area contributed by atoms with E-state index in [1.54, 1.807) is 48.7 Å². The first-order valence-corrected chi connectivity index (χ1v) is 7.96. The number of anilines is 2. The Labute approximate surface area is 145 Å². The summed E-state index contributed by atoms with van der Waals surface area (Å²) < 4.78 is 5.10. The van der Waals surface area contributed by atoms with Gasteiger partial charge >= 0.3 is 6.03 Å². The molecule has 0 spiro atoms. The third-order valence-electron chi connectivity index (χ3n) is 3.80. The van der Waals surface area contributed by atoms with Crippen molar-refractivity contribution in [1.29, 1.82) is 0 Å². The summed E-state index contributed by atoms with van der Waals surface area (Å²) in [6.45, 7) is 2.60. The first-order valence-electron chi connectivity index (χ1n) is 7.59. The van der Waals surface area contributed by atoms with Crippen molar-refractivity contribution >= 4 is 29.3 Å². The van der Waals surface area contributed by atoms with Crippen molar-refractivity contribution in [2.45, 2.75) is 0 Å². The number of benzene rings is 1. The van der Waals surface area contributed by atoms with Gasteiger partial charge in [-0.2, -0.15) is 0 Å². The standard InChI is InChI=1S/C16H18ClN5O2/c1-24-14-4-3-12(11-13(14)17)20-16(23)22-9-7-21(8-10-22)15-18-5-2-6-19-15/h2-6,11H,7-10H2,1H3,(H,20,23). The molecule has 0 atom stereocenters. The van der Waals surface area contributed by atoms with Crippen LogP contribution >= 0.6 is 11.6 Å². The molecule has 0 unspecified atom stereocenters. The third kappa shape index (κ3) is 3.68. The number of carbonyl (C=O) groups excluding carboxylic acids is 1. The van der Waals surface area contributed by atoms with Gasteiger partial charge in [-0.1, -0.05) is 11.6 Å². The van der Waals surface area contributed by atoms with E-state index in [1.165, 1.54) is 0 Å². The van der Waals surface area contributed by atoms with Gasteiger partial charge in [0.25, 0.3) is 0 Å². The lowest BCUT2D eigenvalue weighted by molar-refractivity contribution is 0.208. The summed E-state index contributed by atoms with van der Waals surface area (Å²) in [5, 5.41) is 3.32. The fourth-order valence-corrected chi connectivity index (χ4v) is 2.77. The van der Waals surface area contributed by atoms with Crippen molar-refractivity contribution in [2.75, 3.05) is 43.5 Å². The zero-order chi connectivity index (χ0) is 16.9. The molecule has 1 saturated heterocycles. The van der Waals surface area contributed by atoms with Crippen LogP contribution in [0.5, 0.6) is 5.75 Å². The zero-order valence-electron chi connectivity index (χ0n) is 13.3. The average Bonchev–Trinajstić information content (AvgIpc) is 2.63. The van der Waals surface area contributed by atoms with E-state index in [1.807, 2.05) is 0 Å². The van der Waals surface area contributed by atoms with E-state index >= 15 is 0 Å². The Bertz CT molecular complexity index is 705. The Hall–Kier alpha value is -2.54. The van der Waals surface area contributed by atoms with Crippen LogP contribution in [0.1, 0.15) is 0 Å². The maximum absolute atomic E-state index is 12.4. The summed E-state index contributed by atoms with van der Waals surface area (Å²) in [6.07, 6.45) is 3.43. The topological polar surface area (TPSA) is 70.6 Å². The summed E-state index contributed by atoms with van der Waals surface area (Å²) in [5.74, 6) is 1.27. The molecule has 24 heavy (non-hydrogen) atoms.